The zero-order valence-electron chi connectivity index (χ0n) is 10.1. The molecule has 0 aromatic heterocycles. The first-order valence-electron chi connectivity index (χ1n) is 5.71. The van der Waals surface area contributed by atoms with E-state index in [9.17, 15) is 14.4 Å². The van der Waals surface area contributed by atoms with Crippen molar-refractivity contribution in [3.8, 4) is 0 Å². The van der Waals surface area contributed by atoms with Crippen molar-refractivity contribution in [1.29, 1.82) is 0 Å². The molecule has 1 rings (SSSR count). The van der Waals surface area contributed by atoms with E-state index in [4.69, 9.17) is 5.11 Å². The second kappa shape index (κ2) is 5.65. The fraction of sp³-hybridized carbons (Fsp3) is 0.727. The smallest absolute Gasteiger partial charge is 0.326 e. The van der Waals surface area contributed by atoms with Crippen LogP contribution in [-0.2, 0) is 14.4 Å². The number of nitrogens with zero attached hydrogens (tertiary/aromatic N) is 1. The summed E-state index contributed by atoms with van der Waals surface area (Å²) >= 11 is 0. The molecule has 1 fully saturated rings. The topological polar surface area (TPSA) is 86.7 Å². The lowest BCUT2D eigenvalue weighted by Crippen LogP contribution is -2.48. The molecule has 6 nitrogen and oxygen atoms in total. The highest BCUT2D eigenvalue weighted by Gasteiger charge is 2.26. The molecule has 1 atom stereocenters. The van der Waals surface area contributed by atoms with Gasteiger partial charge in [-0.3, -0.25) is 9.59 Å². The second-order valence-electron chi connectivity index (χ2n) is 4.55. The van der Waals surface area contributed by atoms with Crippen molar-refractivity contribution in [1.82, 2.24) is 10.2 Å². The van der Waals surface area contributed by atoms with E-state index in [-0.39, 0.29) is 18.4 Å². The summed E-state index contributed by atoms with van der Waals surface area (Å²) in [6.45, 7) is 3.97. The molecule has 0 aromatic rings. The molecule has 2 amide bonds. The van der Waals surface area contributed by atoms with Gasteiger partial charge in [-0.05, 0) is 12.3 Å². The Morgan fingerprint density at radius 2 is 2.12 bits per heavy atom. The minimum Gasteiger partial charge on any atom is -0.480 e. The van der Waals surface area contributed by atoms with Gasteiger partial charge in [-0.2, -0.15) is 0 Å². The standard InChI is InChI=1S/C11H18N2O4/c1-7(2)10(11(16)17)12-8(14)6-13-5-3-4-9(13)15/h7,10H,3-6H2,1-2H3,(H,12,14)(H,16,17). The summed E-state index contributed by atoms with van der Waals surface area (Å²) in [5.74, 6) is -1.70. The molecule has 1 unspecified atom stereocenters. The number of aliphatic carboxylic acids is 1. The molecule has 96 valence electrons. The summed E-state index contributed by atoms with van der Waals surface area (Å²) < 4.78 is 0. The van der Waals surface area contributed by atoms with Crippen molar-refractivity contribution in [2.45, 2.75) is 32.7 Å². The Morgan fingerprint density at radius 1 is 1.47 bits per heavy atom. The molecule has 17 heavy (non-hydrogen) atoms. The van der Waals surface area contributed by atoms with Crippen LogP contribution in [0.25, 0.3) is 0 Å². The van der Waals surface area contributed by atoms with E-state index >= 15 is 0 Å². The van der Waals surface area contributed by atoms with Crippen LogP contribution in [0, 0.1) is 5.92 Å². The average Bonchev–Trinajstić information content (AvgIpc) is 2.60. The van der Waals surface area contributed by atoms with Crippen LogP contribution in [0.2, 0.25) is 0 Å². The number of amides is 2. The zero-order valence-corrected chi connectivity index (χ0v) is 10.1. The summed E-state index contributed by atoms with van der Waals surface area (Å²) in [4.78, 5) is 35.2. The van der Waals surface area contributed by atoms with Crippen LogP contribution in [0.5, 0.6) is 0 Å². The van der Waals surface area contributed by atoms with Crippen molar-refractivity contribution in [3.05, 3.63) is 0 Å². The molecule has 2 N–H and O–H groups in total. The van der Waals surface area contributed by atoms with Crippen LogP contribution in [0.15, 0.2) is 0 Å². The number of carboxylic acid groups (broad SMARTS) is 1. The molecule has 0 spiro atoms. The number of nitrogens with one attached hydrogen (secondary N) is 1. The summed E-state index contributed by atoms with van der Waals surface area (Å²) in [6, 6.07) is -0.903. The Labute approximate surface area is 100.0 Å². The molecule has 0 radical (unpaired) electrons. The van der Waals surface area contributed by atoms with Gasteiger partial charge in [-0.1, -0.05) is 13.8 Å². The van der Waals surface area contributed by atoms with Crippen LogP contribution in [-0.4, -0.2) is 46.9 Å². The first-order valence-corrected chi connectivity index (χ1v) is 5.71. The molecular formula is C11H18N2O4. The van der Waals surface area contributed by atoms with E-state index in [1.807, 2.05) is 0 Å². The van der Waals surface area contributed by atoms with Gasteiger partial charge in [0.15, 0.2) is 0 Å². The van der Waals surface area contributed by atoms with Crippen LogP contribution in [0.3, 0.4) is 0 Å². The summed E-state index contributed by atoms with van der Waals surface area (Å²) in [5.41, 5.74) is 0. The maximum absolute atomic E-state index is 11.6. The van der Waals surface area contributed by atoms with Crippen LogP contribution < -0.4 is 5.32 Å². The maximum Gasteiger partial charge on any atom is 0.326 e. The van der Waals surface area contributed by atoms with Gasteiger partial charge >= 0.3 is 5.97 Å². The van der Waals surface area contributed by atoms with Crippen LogP contribution in [0.4, 0.5) is 0 Å². The molecule has 0 aliphatic carbocycles. The zero-order chi connectivity index (χ0) is 13.0. The molecule has 1 saturated heterocycles. The number of carboxylic acids is 1. The van der Waals surface area contributed by atoms with Crippen LogP contribution >= 0.6 is 0 Å². The van der Waals surface area contributed by atoms with E-state index in [0.717, 1.165) is 6.42 Å². The minimum absolute atomic E-state index is 0.0448. The lowest BCUT2D eigenvalue weighted by molar-refractivity contribution is -0.143. The van der Waals surface area contributed by atoms with Crippen molar-refractivity contribution in [2.75, 3.05) is 13.1 Å². The van der Waals surface area contributed by atoms with Gasteiger partial charge in [-0.25, -0.2) is 4.79 Å². The predicted molar refractivity (Wildman–Crippen MR) is 60.2 cm³/mol. The largest absolute Gasteiger partial charge is 0.480 e. The number of carbonyl (C=O) groups excluding carboxylic acids is 2. The highest BCUT2D eigenvalue weighted by atomic mass is 16.4. The first-order chi connectivity index (χ1) is 7.91. The SMILES string of the molecule is CC(C)C(NC(=O)CN1CCCC1=O)C(=O)O. The molecule has 6 heteroatoms. The number of likely N-dealkylation sites (tertiary alicyclic amines) is 1. The number of hydrogen-bond acceptors (Lipinski definition) is 3. The van der Waals surface area contributed by atoms with Gasteiger partial charge in [0.1, 0.15) is 6.04 Å². The number of rotatable bonds is 5. The van der Waals surface area contributed by atoms with E-state index in [2.05, 4.69) is 5.32 Å². The quantitative estimate of drug-likeness (QED) is 0.701. The lowest BCUT2D eigenvalue weighted by Gasteiger charge is -2.20. The fourth-order valence-electron chi connectivity index (χ4n) is 1.78. The van der Waals surface area contributed by atoms with Gasteiger partial charge in [0, 0.05) is 13.0 Å². The van der Waals surface area contributed by atoms with Gasteiger partial charge in [-0.15, -0.1) is 0 Å². The Kier molecular flexibility index (Phi) is 4.48. The average molecular weight is 242 g/mol. The molecule has 1 aliphatic rings. The van der Waals surface area contributed by atoms with Crippen molar-refractivity contribution in [2.24, 2.45) is 5.92 Å². The number of hydrogen-bond donors (Lipinski definition) is 2. The van der Waals surface area contributed by atoms with Crippen LogP contribution in [0.1, 0.15) is 26.7 Å². The predicted octanol–water partition coefficient (Wildman–Crippen LogP) is -0.166. The second-order valence-corrected chi connectivity index (χ2v) is 4.55. The number of carbonyl (C=O) groups is 3. The molecule has 1 heterocycles. The third kappa shape index (κ3) is 3.72. The molecule has 0 saturated carbocycles. The molecule has 0 bridgehead atoms. The molecule has 0 aromatic carbocycles. The van der Waals surface area contributed by atoms with Gasteiger partial charge in [0.05, 0.1) is 6.54 Å². The summed E-state index contributed by atoms with van der Waals surface area (Å²) in [7, 11) is 0. The van der Waals surface area contributed by atoms with E-state index in [1.165, 1.54) is 4.90 Å². The summed E-state index contributed by atoms with van der Waals surface area (Å²) in [5, 5.41) is 11.3. The Bertz CT molecular complexity index is 327. The fourth-order valence-corrected chi connectivity index (χ4v) is 1.78. The molecule has 1 aliphatic heterocycles. The third-order valence-corrected chi connectivity index (χ3v) is 2.76. The maximum atomic E-state index is 11.6. The Hall–Kier alpha value is -1.59. The van der Waals surface area contributed by atoms with E-state index < -0.39 is 17.9 Å². The highest BCUT2D eigenvalue weighted by molar-refractivity contribution is 5.88. The van der Waals surface area contributed by atoms with E-state index in [1.54, 1.807) is 13.8 Å². The molecular weight excluding hydrogens is 224 g/mol. The normalized spacial score (nSPS) is 17.4. The lowest BCUT2D eigenvalue weighted by atomic mass is 10.0. The minimum atomic E-state index is -1.05. The van der Waals surface area contributed by atoms with E-state index in [0.29, 0.717) is 13.0 Å². The summed E-state index contributed by atoms with van der Waals surface area (Å²) in [6.07, 6.45) is 1.23. The van der Waals surface area contributed by atoms with Gasteiger partial charge in [0.2, 0.25) is 11.8 Å². The highest BCUT2D eigenvalue weighted by Crippen LogP contribution is 2.09. The Balaban J connectivity index is 2.47. The van der Waals surface area contributed by atoms with Crippen molar-refractivity contribution < 1.29 is 19.5 Å². The first kappa shape index (κ1) is 13.5. The van der Waals surface area contributed by atoms with Crippen molar-refractivity contribution >= 4 is 17.8 Å². The Morgan fingerprint density at radius 3 is 2.53 bits per heavy atom. The van der Waals surface area contributed by atoms with Gasteiger partial charge in [0.25, 0.3) is 0 Å². The third-order valence-electron chi connectivity index (χ3n) is 2.76. The van der Waals surface area contributed by atoms with Crippen molar-refractivity contribution in [3.63, 3.8) is 0 Å². The monoisotopic (exact) mass is 242 g/mol. The van der Waals surface area contributed by atoms with Gasteiger partial charge < -0.3 is 15.3 Å².